The molecule has 23 heavy (non-hydrogen) atoms. The van der Waals surface area contributed by atoms with E-state index in [-0.39, 0.29) is 30.1 Å². The molecule has 0 unspecified atom stereocenters. The van der Waals surface area contributed by atoms with Crippen LogP contribution >= 0.6 is 12.4 Å². The van der Waals surface area contributed by atoms with Gasteiger partial charge >= 0.3 is 0 Å². The molecular weight excluding hydrogens is 314 g/mol. The predicted octanol–water partition coefficient (Wildman–Crippen LogP) is 2.28. The standard InChI is InChI=1S/C17H23N3O2.ClH/c21-16(14-4-3-9-18-12-14)19-15-7-5-13(6-8-15)17(22)20-10-1-2-11-20;/h5-8,14,18H,1-4,9-12H2,(H,19,21);1H/t14-;/m1./s1. The largest absolute Gasteiger partial charge is 0.339 e. The number of carbonyl (C=O) groups excluding carboxylic acids is 2. The minimum Gasteiger partial charge on any atom is -0.339 e. The van der Waals surface area contributed by atoms with Gasteiger partial charge in [0.25, 0.3) is 5.91 Å². The van der Waals surface area contributed by atoms with Crippen molar-refractivity contribution in [3.05, 3.63) is 29.8 Å². The summed E-state index contributed by atoms with van der Waals surface area (Å²) in [6.07, 6.45) is 4.16. The van der Waals surface area contributed by atoms with E-state index in [0.717, 1.165) is 57.5 Å². The molecule has 0 aromatic heterocycles. The third-order valence-electron chi connectivity index (χ3n) is 4.46. The fraction of sp³-hybridized carbons (Fsp3) is 0.529. The van der Waals surface area contributed by atoms with E-state index in [2.05, 4.69) is 10.6 Å². The van der Waals surface area contributed by atoms with Gasteiger partial charge in [0.15, 0.2) is 0 Å². The van der Waals surface area contributed by atoms with Gasteiger partial charge in [0.1, 0.15) is 0 Å². The number of nitrogens with one attached hydrogen (secondary N) is 2. The Balaban J connectivity index is 0.00000192. The summed E-state index contributed by atoms with van der Waals surface area (Å²) in [5, 5.41) is 6.19. The molecule has 0 radical (unpaired) electrons. The number of rotatable bonds is 3. The molecule has 1 aromatic rings. The number of benzene rings is 1. The van der Waals surface area contributed by atoms with Gasteiger partial charge in [0.05, 0.1) is 5.92 Å². The zero-order valence-electron chi connectivity index (χ0n) is 13.2. The van der Waals surface area contributed by atoms with Gasteiger partial charge in [-0.3, -0.25) is 9.59 Å². The Morgan fingerprint density at radius 2 is 1.78 bits per heavy atom. The highest BCUT2D eigenvalue weighted by molar-refractivity contribution is 5.96. The number of hydrogen-bond donors (Lipinski definition) is 2. The van der Waals surface area contributed by atoms with Crippen LogP contribution in [0.4, 0.5) is 5.69 Å². The van der Waals surface area contributed by atoms with E-state index in [1.54, 1.807) is 12.1 Å². The number of amides is 2. The zero-order valence-corrected chi connectivity index (χ0v) is 14.0. The van der Waals surface area contributed by atoms with Crippen LogP contribution in [0, 0.1) is 5.92 Å². The quantitative estimate of drug-likeness (QED) is 0.889. The van der Waals surface area contributed by atoms with Gasteiger partial charge in [-0.15, -0.1) is 12.4 Å². The topological polar surface area (TPSA) is 61.4 Å². The SMILES string of the molecule is Cl.O=C(Nc1ccc(C(=O)N2CCCC2)cc1)[C@@H]1CCCNC1. The Bertz CT molecular complexity index is 535. The average Bonchev–Trinajstić information content (AvgIpc) is 3.10. The maximum atomic E-state index is 12.3. The smallest absolute Gasteiger partial charge is 0.253 e. The second kappa shape index (κ2) is 8.31. The normalized spacial score (nSPS) is 20.7. The molecule has 0 aliphatic carbocycles. The maximum absolute atomic E-state index is 12.3. The Labute approximate surface area is 143 Å². The molecule has 126 valence electrons. The molecule has 2 heterocycles. The fourth-order valence-electron chi connectivity index (χ4n) is 3.12. The molecule has 2 N–H and O–H groups in total. The van der Waals surface area contributed by atoms with Crippen LogP contribution in [-0.4, -0.2) is 42.9 Å². The van der Waals surface area contributed by atoms with E-state index in [0.29, 0.717) is 5.56 Å². The summed E-state index contributed by atoms with van der Waals surface area (Å²) in [5.41, 5.74) is 1.45. The van der Waals surface area contributed by atoms with Gasteiger partial charge < -0.3 is 15.5 Å². The first-order valence-electron chi connectivity index (χ1n) is 8.15. The number of carbonyl (C=O) groups is 2. The molecule has 3 rings (SSSR count). The van der Waals surface area contributed by atoms with Gasteiger partial charge in [-0.1, -0.05) is 0 Å². The van der Waals surface area contributed by atoms with Crippen LogP contribution in [0.15, 0.2) is 24.3 Å². The number of nitrogens with zero attached hydrogens (tertiary/aromatic N) is 1. The number of halogens is 1. The third kappa shape index (κ3) is 4.45. The molecule has 2 amide bonds. The second-order valence-corrected chi connectivity index (χ2v) is 6.11. The van der Waals surface area contributed by atoms with Crippen LogP contribution in [0.1, 0.15) is 36.0 Å². The van der Waals surface area contributed by atoms with Gasteiger partial charge in [0.2, 0.25) is 5.91 Å². The Morgan fingerprint density at radius 1 is 1.09 bits per heavy atom. The molecule has 2 aliphatic heterocycles. The van der Waals surface area contributed by atoms with E-state index >= 15 is 0 Å². The van der Waals surface area contributed by atoms with Crippen LogP contribution in [0.3, 0.4) is 0 Å². The van der Waals surface area contributed by atoms with Crippen molar-refractivity contribution in [3.8, 4) is 0 Å². The summed E-state index contributed by atoms with van der Waals surface area (Å²) >= 11 is 0. The van der Waals surface area contributed by atoms with Gasteiger partial charge in [-0.2, -0.15) is 0 Å². The molecule has 2 aliphatic rings. The Kier molecular flexibility index (Phi) is 6.42. The summed E-state index contributed by atoms with van der Waals surface area (Å²) in [7, 11) is 0. The van der Waals surface area contributed by atoms with Crippen molar-refractivity contribution in [2.45, 2.75) is 25.7 Å². The predicted molar refractivity (Wildman–Crippen MR) is 93.1 cm³/mol. The minimum atomic E-state index is 0. The fourth-order valence-corrected chi connectivity index (χ4v) is 3.12. The lowest BCUT2D eigenvalue weighted by Gasteiger charge is -2.22. The molecule has 6 heteroatoms. The molecule has 1 aromatic carbocycles. The van der Waals surface area contributed by atoms with Crippen LogP contribution in [-0.2, 0) is 4.79 Å². The van der Waals surface area contributed by atoms with Crippen LogP contribution in [0.2, 0.25) is 0 Å². The third-order valence-corrected chi connectivity index (χ3v) is 4.46. The van der Waals surface area contributed by atoms with E-state index in [1.807, 2.05) is 17.0 Å². The average molecular weight is 338 g/mol. The summed E-state index contributed by atoms with van der Waals surface area (Å²) < 4.78 is 0. The highest BCUT2D eigenvalue weighted by Crippen LogP contribution is 2.17. The lowest BCUT2D eigenvalue weighted by Crippen LogP contribution is -2.37. The number of piperidine rings is 1. The molecule has 5 nitrogen and oxygen atoms in total. The van der Waals surface area contributed by atoms with E-state index in [1.165, 1.54) is 0 Å². The molecule has 2 fully saturated rings. The molecule has 2 saturated heterocycles. The van der Waals surface area contributed by atoms with E-state index in [9.17, 15) is 9.59 Å². The lowest BCUT2D eigenvalue weighted by molar-refractivity contribution is -0.120. The van der Waals surface area contributed by atoms with Crippen molar-refractivity contribution in [2.75, 3.05) is 31.5 Å². The molecule has 1 atom stereocenters. The first-order valence-corrected chi connectivity index (χ1v) is 8.15. The van der Waals surface area contributed by atoms with Crippen LogP contribution < -0.4 is 10.6 Å². The number of hydrogen-bond acceptors (Lipinski definition) is 3. The first-order chi connectivity index (χ1) is 10.7. The summed E-state index contributed by atoms with van der Waals surface area (Å²) in [4.78, 5) is 26.3. The monoisotopic (exact) mass is 337 g/mol. The van der Waals surface area contributed by atoms with Crippen molar-refractivity contribution in [1.29, 1.82) is 0 Å². The Morgan fingerprint density at radius 3 is 2.39 bits per heavy atom. The molecule has 0 spiro atoms. The highest BCUT2D eigenvalue weighted by atomic mass is 35.5. The number of anilines is 1. The van der Waals surface area contributed by atoms with E-state index < -0.39 is 0 Å². The minimum absolute atomic E-state index is 0. The van der Waals surface area contributed by atoms with Gasteiger partial charge in [-0.25, -0.2) is 0 Å². The Hall–Kier alpha value is -1.59. The van der Waals surface area contributed by atoms with Crippen molar-refractivity contribution in [3.63, 3.8) is 0 Å². The number of likely N-dealkylation sites (tertiary alicyclic amines) is 1. The van der Waals surface area contributed by atoms with Crippen molar-refractivity contribution < 1.29 is 9.59 Å². The maximum Gasteiger partial charge on any atom is 0.253 e. The molecular formula is C17H24ClN3O2. The van der Waals surface area contributed by atoms with Crippen LogP contribution in [0.5, 0.6) is 0 Å². The first kappa shape index (κ1) is 17.8. The summed E-state index contributed by atoms with van der Waals surface area (Å²) in [6, 6.07) is 7.24. The van der Waals surface area contributed by atoms with Crippen LogP contribution in [0.25, 0.3) is 0 Å². The molecule has 0 bridgehead atoms. The summed E-state index contributed by atoms with van der Waals surface area (Å²) in [6.45, 7) is 3.45. The van der Waals surface area contributed by atoms with Crippen molar-refractivity contribution >= 4 is 29.9 Å². The zero-order chi connectivity index (χ0) is 15.4. The lowest BCUT2D eigenvalue weighted by atomic mass is 9.99. The van der Waals surface area contributed by atoms with Crippen molar-refractivity contribution in [2.24, 2.45) is 5.92 Å². The van der Waals surface area contributed by atoms with Gasteiger partial charge in [-0.05, 0) is 56.5 Å². The summed E-state index contributed by atoms with van der Waals surface area (Å²) in [5.74, 6) is 0.192. The highest BCUT2D eigenvalue weighted by Gasteiger charge is 2.21. The second-order valence-electron chi connectivity index (χ2n) is 6.11. The van der Waals surface area contributed by atoms with Gasteiger partial charge in [0, 0.05) is 30.9 Å². The molecule has 0 saturated carbocycles. The van der Waals surface area contributed by atoms with Crippen molar-refractivity contribution in [1.82, 2.24) is 10.2 Å². The van der Waals surface area contributed by atoms with E-state index in [4.69, 9.17) is 0 Å².